The van der Waals surface area contributed by atoms with E-state index in [2.05, 4.69) is 31.0 Å². The molecule has 0 atom stereocenters. The molecule has 0 amide bonds. The highest BCUT2D eigenvalue weighted by molar-refractivity contribution is 5.69. The number of ether oxygens (including phenoxy) is 2. The quantitative estimate of drug-likeness (QED) is 0.0395. The van der Waals surface area contributed by atoms with Crippen LogP contribution in [0.25, 0.3) is 0 Å². The molecule has 0 bridgehead atoms. The molecule has 0 aliphatic heterocycles. The lowest BCUT2D eigenvalue weighted by atomic mass is 9.80. The van der Waals surface area contributed by atoms with E-state index in [1.165, 1.54) is 109 Å². The summed E-state index contributed by atoms with van der Waals surface area (Å²) in [5.74, 6) is 1.67. The highest BCUT2D eigenvalue weighted by Crippen LogP contribution is 2.32. The van der Waals surface area contributed by atoms with Gasteiger partial charge in [0.05, 0.1) is 12.3 Å². The molecule has 2 rings (SSSR count). The summed E-state index contributed by atoms with van der Waals surface area (Å²) in [6.45, 7) is 15.1. The Kier molecular flexibility index (Phi) is 32.5. The summed E-state index contributed by atoms with van der Waals surface area (Å²) < 4.78 is 11.7. The highest BCUT2D eigenvalue weighted by atomic mass is 16.5. The fourth-order valence-corrected chi connectivity index (χ4v) is 9.41. The zero-order valence-electron chi connectivity index (χ0n) is 40.6. The Morgan fingerprint density at radius 1 is 0.590 bits per heavy atom. The van der Waals surface area contributed by atoms with E-state index in [1.807, 2.05) is 13.8 Å². The average Bonchev–Trinajstić information content (AvgIpc) is 3.25. The summed E-state index contributed by atoms with van der Waals surface area (Å²) in [6, 6.07) is 0. The molecule has 0 saturated heterocycles. The van der Waals surface area contributed by atoms with Crippen LogP contribution in [-0.2, 0) is 19.1 Å². The van der Waals surface area contributed by atoms with E-state index < -0.39 is 0 Å². The first kappa shape index (κ1) is 54.9. The number of esters is 2. The Bertz CT molecular complexity index is 1280. The van der Waals surface area contributed by atoms with Gasteiger partial charge in [0.15, 0.2) is 0 Å². The van der Waals surface area contributed by atoms with Crippen molar-refractivity contribution in [2.45, 2.75) is 259 Å². The van der Waals surface area contributed by atoms with Gasteiger partial charge in [-0.1, -0.05) is 169 Å². The van der Waals surface area contributed by atoms with Crippen molar-refractivity contribution in [3.8, 4) is 0 Å². The minimum atomic E-state index is -0.368. The largest absolute Gasteiger partial charge is 0.466 e. The molecule has 0 aromatic heterocycles. The first-order valence-corrected chi connectivity index (χ1v) is 26.3. The number of rotatable bonds is 41. The normalized spacial score (nSPS) is 15.7. The Morgan fingerprint density at radius 2 is 1.07 bits per heavy atom. The van der Waals surface area contributed by atoms with Gasteiger partial charge < -0.3 is 19.7 Å². The Morgan fingerprint density at radius 3 is 1.61 bits per heavy atom. The monoisotopic (exact) mass is 857 g/mol. The second-order valence-electron chi connectivity index (χ2n) is 19.3. The predicted molar refractivity (Wildman–Crippen MR) is 258 cm³/mol. The van der Waals surface area contributed by atoms with Crippen LogP contribution in [0.3, 0.4) is 0 Å². The second-order valence-corrected chi connectivity index (χ2v) is 19.3. The summed E-state index contributed by atoms with van der Waals surface area (Å²) in [5.41, 5.74) is 0.477. The van der Waals surface area contributed by atoms with E-state index in [9.17, 15) is 19.2 Å². The molecule has 1 N–H and O–H groups in total. The van der Waals surface area contributed by atoms with Crippen LogP contribution in [0.2, 0.25) is 0 Å². The van der Waals surface area contributed by atoms with Crippen molar-refractivity contribution in [1.29, 1.82) is 0 Å². The van der Waals surface area contributed by atoms with Gasteiger partial charge in [-0.05, 0) is 102 Å². The van der Waals surface area contributed by atoms with Gasteiger partial charge >= 0.3 is 11.9 Å². The third-order valence-electron chi connectivity index (χ3n) is 13.6. The van der Waals surface area contributed by atoms with Gasteiger partial charge in [0.1, 0.15) is 6.10 Å². The number of anilines is 1. The molecular weight excluding hydrogens is 761 g/mol. The predicted octanol–water partition coefficient (Wildman–Crippen LogP) is 13.8. The van der Waals surface area contributed by atoms with Gasteiger partial charge in [0.2, 0.25) is 10.9 Å². The van der Waals surface area contributed by atoms with E-state index in [4.69, 9.17) is 9.47 Å². The third kappa shape index (κ3) is 26.2. The van der Waals surface area contributed by atoms with Crippen LogP contribution < -0.4 is 16.2 Å². The molecule has 8 nitrogen and oxygen atoms in total. The average molecular weight is 857 g/mol. The lowest BCUT2D eigenvalue weighted by Gasteiger charge is -2.27. The van der Waals surface area contributed by atoms with E-state index in [0.717, 1.165) is 121 Å². The zero-order valence-corrected chi connectivity index (χ0v) is 40.6. The Labute approximate surface area is 374 Å². The van der Waals surface area contributed by atoms with Crippen LogP contribution in [-0.4, -0.2) is 55.7 Å². The van der Waals surface area contributed by atoms with Crippen LogP contribution in [0, 0.1) is 11.8 Å². The van der Waals surface area contributed by atoms with Crippen molar-refractivity contribution in [2.75, 3.05) is 38.1 Å². The standard InChI is InChI=1S/C53H96N2O6/c1-6-9-11-13-17-23-30-47(31-24-18-14-12-10-7-2)61-49(57)33-26-20-16-22-28-41-55(42-29-39-54-51-50(44(4)5)52(58)53(51)59)40-27-21-15-19-25-32-48(56)60-43-38-46-36-34-45(8-3)35-37-46/h44-47,54H,6-43H2,1-5H3. The van der Waals surface area contributed by atoms with E-state index >= 15 is 0 Å². The first-order valence-electron chi connectivity index (χ1n) is 26.3. The molecule has 0 spiro atoms. The van der Waals surface area contributed by atoms with Crippen molar-refractivity contribution in [2.24, 2.45) is 11.8 Å². The first-order chi connectivity index (χ1) is 29.7. The highest BCUT2D eigenvalue weighted by Gasteiger charge is 2.23. The molecule has 8 heteroatoms. The number of nitrogens with zero attached hydrogens (tertiary/aromatic N) is 1. The van der Waals surface area contributed by atoms with Gasteiger partial charge in [0, 0.05) is 24.9 Å². The van der Waals surface area contributed by atoms with Crippen LogP contribution in [0.1, 0.15) is 258 Å². The number of carbonyl (C=O) groups is 2. The molecule has 0 heterocycles. The van der Waals surface area contributed by atoms with Crippen molar-refractivity contribution < 1.29 is 19.1 Å². The fourth-order valence-electron chi connectivity index (χ4n) is 9.41. The van der Waals surface area contributed by atoms with Gasteiger partial charge in [-0.2, -0.15) is 0 Å². The molecule has 354 valence electrons. The van der Waals surface area contributed by atoms with E-state index in [-0.39, 0.29) is 34.8 Å². The summed E-state index contributed by atoms with van der Waals surface area (Å²) in [7, 11) is 0. The van der Waals surface area contributed by atoms with Crippen LogP contribution in [0.4, 0.5) is 5.69 Å². The van der Waals surface area contributed by atoms with Crippen molar-refractivity contribution in [3.05, 3.63) is 26.0 Å². The van der Waals surface area contributed by atoms with Gasteiger partial charge in [0.25, 0.3) is 0 Å². The topological polar surface area (TPSA) is 102 Å². The summed E-state index contributed by atoms with van der Waals surface area (Å²) in [6.07, 6.45) is 37.7. The maximum Gasteiger partial charge on any atom is 0.306 e. The number of hydrogen-bond acceptors (Lipinski definition) is 8. The number of nitrogens with one attached hydrogen (secondary N) is 1. The number of hydrogen-bond donors (Lipinski definition) is 1. The number of carbonyl (C=O) groups excluding carboxylic acids is 2. The second kappa shape index (κ2) is 36.2. The molecule has 1 aliphatic rings. The minimum absolute atomic E-state index is 0.000795. The van der Waals surface area contributed by atoms with E-state index in [0.29, 0.717) is 37.2 Å². The van der Waals surface area contributed by atoms with Gasteiger partial charge in [-0.25, -0.2) is 0 Å². The van der Waals surface area contributed by atoms with Gasteiger partial charge in [-0.3, -0.25) is 19.2 Å². The molecule has 0 radical (unpaired) electrons. The minimum Gasteiger partial charge on any atom is -0.466 e. The van der Waals surface area contributed by atoms with Crippen LogP contribution >= 0.6 is 0 Å². The van der Waals surface area contributed by atoms with E-state index in [1.54, 1.807) is 0 Å². The number of unbranched alkanes of at least 4 members (excludes halogenated alkanes) is 18. The Balaban J connectivity index is 1.66. The maximum atomic E-state index is 12.9. The lowest BCUT2D eigenvalue weighted by Crippen LogP contribution is -2.39. The SMILES string of the molecule is CCCCCCCCC(CCCCCCCC)OC(=O)CCCCCCCN(CCCCCCCC(=O)OCCC1CCC(CC)CC1)CCCNc1c(C(C)C)c(=O)c1=O. The lowest BCUT2D eigenvalue weighted by molar-refractivity contribution is -0.150. The molecule has 1 aromatic carbocycles. The zero-order chi connectivity index (χ0) is 44.3. The third-order valence-corrected chi connectivity index (χ3v) is 13.6. The molecule has 1 fully saturated rings. The molecular formula is C53H96N2O6. The summed E-state index contributed by atoms with van der Waals surface area (Å²) >= 11 is 0. The maximum absolute atomic E-state index is 12.9. The molecule has 1 aliphatic carbocycles. The summed E-state index contributed by atoms with van der Waals surface area (Å²) in [4.78, 5) is 52.0. The smallest absolute Gasteiger partial charge is 0.306 e. The molecule has 61 heavy (non-hydrogen) atoms. The molecule has 1 saturated carbocycles. The van der Waals surface area contributed by atoms with Crippen LogP contribution in [0.5, 0.6) is 0 Å². The van der Waals surface area contributed by atoms with Crippen molar-refractivity contribution >= 4 is 17.6 Å². The molecule has 1 aromatic rings. The Hall–Kier alpha value is -2.22. The molecule has 0 unspecified atom stereocenters. The fraction of sp³-hybridized carbons (Fsp3) is 0.887. The van der Waals surface area contributed by atoms with Crippen molar-refractivity contribution in [3.63, 3.8) is 0 Å². The van der Waals surface area contributed by atoms with Gasteiger partial charge in [-0.15, -0.1) is 0 Å². The van der Waals surface area contributed by atoms with Crippen molar-refractivity contribution in [1.82, 2.24) is 4.90 Å². The van der Waals surface area contributed by atoms with Crippen LogP contribution in [0.15, 0.2) is 9.59 Å². The summed E-state index contributed by atoms with van der Waals surface area (Å²) in [5, 5.41) is 3.27.